The number of likely N-dealkylation sites (N-methyl/N-ethyl adjacent to an activating group) is 1. The van der Waals surface area contributed by atoms with Crippen LogP contribution in [0.25, 0.3) is 0 Å². The van der Waals surface area contributed by atoms with Gasteiger partial charge in [-0.3, -0.25) is 4.99 Å². The number of rotatable bonds is 9. The lowest BCUT2D eigenvalue weighted by atomic mass is 9.59. The average molecular weight is 539 g/mol. The van der Waals surface area contributed by atoms with Crippen LogP contribution in [0.15, 0.2) is 76.6 Å². The Morgan fingerprint density at radius 3 is 2.51 bits per heavy atom. The lowest BCUT2D eigenvalue weighted by Gasteiger charge is -2.45. The Morgan fingerprint density at radius 1 is 1.03 bits per heavy atom. The molecule has 2 aliphatic rings. The molecule has 3 aromatic rings. The third-order valence-corrected chi connectivity index (χ3v) is 9.57. The van der Waals surface area contributed by atoms with Crippen molar-refractivity contribution in [3.8, 4) is 11.5 Å². The van der Waals surface area contributed by atoms with Gasteiger partial charge in [0.25, 0.3) is 0 Å². The van der Waals surface area contributed by atoms with E-state index >= 15 is 0 Å². The van der Waals surface area contributed by atoms with E-state index in [0.29, 0.717) is 11.5 Å². The largest absolute Gasteiger partial charge is 0.497 e. The number of fused-ring (bicyclic) bond motifs is 1. The van der Waals surface area contributed by atoms with Crippen LogP contribution in [-0.2, 0) is 21.9 Å². The van der Waals surface area contributed by atoms with Gasteiger partial charge in [-0.1, -0.05) is 42.3 Å². The van der Waals surface area contributed by atoms with E-state index in [1.165, 1.54) is 35.0 Å². The van der Waals surface area contributed by atoms with Crippen LogP contribution in [-0.4, -0.2) is 52.3 Å². The maximum Gasteiger partial charge on any atom is 0.243 e. The highest BCUT2D eigenvalue weighted by Crippen LogP contribution is 2.48. The topological polar surface area (TPSA) is 68.2 Å². The molecule has 1 saturated carbocycles. The molecule has 0 saturated heterocycles. The average Bonchev–Trinajstić information content (AvgIpc) is 2.89. The zero-order valence-electron chi connectivity index (χ0n) is 21.1. The molecule has 0 radical (unpaired) electrons. The smallest absolute Gasteiger partial charge is 0.243 e. The first-order valence-corrected chi connectivity index (χ1v) is 14.3. The second kappa shape index (κ2) is 10.5. The number of nitrogens with zero attached hydrogens (tertiary/aromatic N) is 2. The molecular formula is C29H31ClN2O4S. The number of hydrogen-bond donors (Lipinski definition) is 0. The first-order valence-electron chi connectivity index (χ1n) is 12.5. The van der Waals surface area contributed by atoms with Crippen LogP contribution >= 0.6 is 11.6 Å². The monoisotopic (exact) mass is 538 g/mol. The molecule has 3 aromatic carbocycles. The quantitative estimate of drug-likeness (QED) is 0.360. The summed E-state index contributed by atoms with van der Waals surface area (Å²) < 4.78 is 38.5. The molecule has 1 aliphatic carbocycles. The van der Waals surface area contributed by atoms with Gasteiger partial charge >= 0.3 is 0 Å². The Balaban J connectivity index is 1.31. The van der Waals surface area contributed by atoms with Crippen molar-refractivity contribution >= 4 is 27.3 Å². The van der Waals surface area contributed by atoms with Gasteiger partial charge in [-0.25, -0.2) is 8.42 Å². The lowest BCUT2D eigenvalue weighted by molar-refractivity contribution is 0.286. The third kappa shape index (κ3) is 5.00. The van der Waals surface area contributed by atoms with Crippen LogP contribution in [0.2, 0.25) is 5.02 Å². The van der Waals surface area contributed by atoms with Crippen LogP contribution in [0.4, 0.5) is 0 Å². The van der Waals surface area contributed by atoms with Crippen molar-refractivity contribution in [3.63, 3.8) is 0 Å². The number of benzene rings is 3. The minimum Gasteiger partial charge on any atom is -0.497 e. The predicted octanol–water partition coefficient (Wildman–Crippen LogP) is 5.52. The van der Waals surface area contributed by atoms with Gasteiger partial charge in [-0.05, 0) is 66.8 Å². The SMILES string of the molecule is COc1cccc(S(=O)(=O)N(C)CCOc2ccc3c(c2)C(C2(c4ccc(Cl)cc4)CCC2)=NCC3)c1. The molecule has 194 valence electrons. The number of ether oxygens (including phenoxy) is 2. The summed E-state index contributed by atoms with van der Waals surface area (Å²) in [5.41, 5.74) is 4.70. The van der Waals surface area contributed by atoms with E-state index in [4.69, 9.17) is 26.1 Å². The Morgan fingerprint density at radius 2 is 1.81 bits per heavy atom. The first kappa shape index (κ1) is 25.8. The molecule has 1 aliphatic heterocycles. The second-order valence-corrected chi connectivity index (χ2v) is 12.1. The fourth-order valence-corrected chi connectivity index (χ4v) is 6.50. The summed E-state index contributed by atoms with van der Waals surface area (Å²) >= 11 is 6.16. The Labute approximate surface area is 223 Å². The van der Waals surface area contributed by atoms with Crippen molar-refractivity contribution < 1.29 is 17.9 Å². The molecule has 0 amide bonds. The third-order valence-electron chi connectivity index (χ3n) is 7.47. The molecule has 0 atom stereocenters. The zero-order chi connectivity index (χ0) is 26.0. The maximum absolute atomic E-state index is 13.0. The van der Waals surface area contributed by atoms with E-state index in [0.717, 1.165) is 42.1 Å². The fourth-order valence-electron chi connectivity index (χ4n) is 5.18. The molecule has 6 nitrogen and oxygen atoms in total. The lowest BCUT2D eigenvalue weighted by Crippen LogP contribution is -2.44. The van der Waals surface area contributed by atoms with Crippen molar-refractivity contribution in [2.75, 3.05) is 33.9 Å². The zero-order valence-corrected chi connectivity index (χ0v) is 22.7. The highest BCUT2D eigenvalue weighted by atomic mass is 35.5. The van der Waals surface area contributed by atoms with Gasteiger partial charge in [0.1, 0.15) is 18.1 Å². The standard InChI is InChI=1S/C29H31ClN2O4S/c1-32(37(33,34)26-6-3-5-24(19-26)35-2)17-18-36-25-12-7-21-13-16-31-28(27(21)20-25)29(14-4-15-29)22-8-10-23(30)11-9-22/h3,5-12,19-20H,4,13-18H2,1-2H3. The van der Waals surface area contributed by atoms with Gasteiger partial charge in [-0.15, -0.1) is 0 Å². The Hall–Kier alpha value is -2.87. The van der Waals surface area contributed by atoms with Gasteiger partial charge in [-0.2, -0.15) is 4.31 Å². The summed E-state index contributed by atoms with van der Waals surface area (Å²) in [5, 5.41) is 0.735. The molecule has 0 N–H and O–H groups in total. The molecular weight excluding hydrogens is 508 g/mol. The van der Waals surface area contributed by atoms with Gasteiger partial charge in [0.2, 0.25) is 10.0 Å². The number of halogens is 1. The number of methoxy groups -OCH3 is 1. The fraction of sp³-hybridized carbons (Fsp3) is 0.345. The number of aliphatic imine (C=N–C) groups is 1. The van der Waals surface area contributed by atoms with Gasteiger partial charge in [0.05, 0.1) is 17.7 Å². The van der Waals surface area contributed by atoms with E-state index < -0.39 is 10.0 Å². The van der Waals surface area contributed by atoms with Crippen molar-refractivity contribution in [3.05, 3.63) is 88.4 Å². The van der Waals surface area contributed by atoms with Crippen molar-refractivity contribution in [1.82, 2.24) is 4.31 Å². The van der Waals surface area contributed by atoms with Crippen LogP contribution in [0.5, 0.6) is 11.5 Å². The molecule has 0 spiro atoms. The number of hydrogen-bond acceptors (Lipinski definition) is 5. The van der Waals surface area contributed by atoms with Crippen molar-refractivity contribution in [1.29, 1.82) is 0 Å². The molecule has 8 heteroatoms. The first-order chi connectivity index (χ1) is 17.8. The summed E-state index contributed by atoms with van der Waals surface area (Å²) in [6.45, 7) is 1.23. The van der Waals surface area contributed by atoms with Crippen LogP contribution in [0, 0.1) is 0 Å². The van der Waals surface area contributed by atoms with Crippen molar-refractivity contribution in [2.24, 2.45) is 4.99 Å². The minimum absolute atomic E-state index is 0.0938. The Bertz CT molecular complexity index is 1420. The van der Waals surface area contributed by atoms with Gasteiger partial charge in [0.15, 0.2) is 0 Å². The molecule has 0 aromatic heterocycles. The molecule has 1 fully saturated rings. The molecule has 5 rings (SSSR count). The van der Waals surface area contributed by atoms with E-state index in [1.807, 2.05) is 18.2 Å². The van der Waals surface area contributed by atoms with E-state index in [1.54, 1.807) is 25.2 Å². The van der Waals surface area contributed by atoms with Gasteiger partial charge < -0.3 is 9.47 Å². The highest BCUT2D eigenvalue weighted by molar-refractivity contribution is 7.89. The normalized spacial score (nSPS) is 16.5. The molecule has 1 heterocycles. The van der Waals surface area contributed by atoms with E-state index in [9.17, 15) is 8.42 Å². The van der Waals surface area contributed by atoms with E-state index in [2.05, 4.69) is 24.3 Å². The van der Waals surface area contributed by atoms with Gasteiger partial charge in [0, 0.05) is 42.2 Å². The molecule has 37 heavy (non-hydrogen) atoms. The summed E-state index contributed by atoms with van der Waals surface area (Å²) in [7, 11) is -0.581. The number of sulfonamides is 1. The van der Waals surface area contributed by atoms with Crippen LogP contribution < -0.4 is 9.47 Å². The summed E-state index contributed by atoms with van der Waals surface area (Å²) in [6.07, 6.45) is 4.19. The van der Waals surface area contributed by atoms with Crippen LogP contribution in [0.1, 0.15) is 36.0 Å². The second-order valence-electron chi connectivity index (χ2n) is 9.60. The van der Waals surface area contributed by atoms with Crippen LogP contribution in [0.3, 0.4) is 0 Å². The summed E-state index contributed by atoms with van der Waals surface area (Å²) in [4.78, 5) is 5.22. The summed E-state index contributed by atoms with van der Waals surface area (Å²) in [5.74, 6) is 1.21. The predicted molar refractivity (Wildman–Crippen MR) is 147 cm³/mol. The maximum atomic E-state index is 13.0. The van der Waals surface area contributed by atoms with Crippen molar-refractivity contribution in [2.45, 2.75) is 36.0 Å². The minimum atomic E-state index is -3.65. The molecule has 0 bridgehead atoms. The Kier molecular flexibility index (Phi) is 7.30. The summed E-state index contributed by atoms with van der Waals surface area (Å²) in [6, 6.07) is 20.8. The highest BCUT2D eigenvalue weighted by Gasteiger charge is 2.45. The molecule has 0 unspecified atom stereocenters. The van der Waals surface area contributed by atoms with E-state index in [-0.39, 0.29) is 23.5 Å².